The third-order valence-corrected chi connectivity index (χ3v) is 5.06. The molecule has 0 atom stereocenters. The van der Waals surface area contributed by atoms with Crippen LogP contribution in [0.15, 0.2) is 48.2 Å². The average molecular weight is 377 g/mol. The van der Waals surface area contributed by atoms with Crippen LogP contribution in [0.1, 0.15) is 30.0 Å². The fraction of sp³-hybridized carbons (Fsp3) is 0.304. The second kappa shape index (κ2) is 7.89. The highest BCUT2D eigenvalue weighted by Gasteiger charge is 2.38. The van der Waals surface area contributed by atoms with E-state index in [1.165, 1.54) is 4.90 Å². The van der Waals surface area contributed by atoms with Gasteiger partial charge in [-0.25, -0.2) is 0 Å². The number of aryl methyl sites for hydroxylation is 2. The van der Waals surface area contributed by atoms with Crippen molar-refractivity contribution in [1.29, 1.82) is 0 Å². The van der Waals surface area contributed by atoms with E-state index in [2.05, 4.69) is 5.32 Å². The smallest absolute Gasteiger partial charge is 0.278 e. The minimum atomic E-state index is -0.267. The van der Waals surface area contributed by atoms with E-state index < -0.39 is 0 Å². The van der Waals surface area contributed by atoms with Gasteiger partial charge < -0.3 is 10.2 Å². The molecule has 0 saturated heterocycles. The largest absolute Gasteiger partial charge is 0.378 e. The molecule has 0 radical (unpaired) electrons. The summed E-state index contributed by atoms with van der Waals surface area (Å²) in [6, 6.07) is 13.7. The number of benzene rings is 2. The van der Waals surface area contributed by atoms with E-state index in [-0.39, 0.29) is 11.8 Å². The molecule has 0 spiro atoms. The molecule has 5 nitrogen and oxygen atoms in total. The molecule has 28 heavy (non-hydrogen) atoms. The number of imide groups is 1. The van der Waals surface area contributed by atoms with E-state index in [0.29, 0.717) is 17.8 Å². The first-order valence-electron chi connectivity index (χ1n) is 9.56. The molecular weight excluding hydrogens is 350 g/mol. The number of nitrogens with one attached hydrogen (secondary N) is 1. The van der Waals surface area contributed by atoms with Crippen LogP contribution in [0, 0.1) is 13.8 Å². The van der Waals surface area contributed by atoms with Crippen molar-refractivity contribution in [3.63, 3.8) is 0 Å². The first kappa shape index (κ1) is 19.7. The topological polar surface area (TPSA) is 52.7 Å². The molecule has 1 aliphatic heterocycles. The van der Waals surface area contributed by atoms with Gasteiger partial charge in [-0.05, 0) is 61.2 Å². The van der Waals surface area contributed by atoms with Gasteiger partial charge in [0.2, 0.25) is 0 Å². The minimum absolute atomic E-state index is 0.234. The molecule has 3 rings (SSSR count). The summed E-state index contributed by atoms with van der Waals surface area (Å²) >= 11 is 0. The van der Waals surface area contributed by atoms with Gasteiger partial charge in [0.05, 0.1) is 5.57 Å². The van der Waals surface area contributed by atoms with Crippen molar-refractivity contribution in [3.8, 4) is 0 Å². The summed E-state index contributed by atoms with van der Waals surface area (Å²) in [6.45, 7) is 6.42. The number of carbonyl (C=O) groups is 2. The Morgan fingerprint density at radius 2 is 1.61 bits per heavy atom. The number of hydrogen-bond acceptors (Lipinski definition) is 4. The van der Waals surface area contributed by atoms with Gasteiger partial charge in [-0.15, -0.1) is 0 Å². The number of amides is 2. The standard InChI is InChI=1S/C23H27N3O2/c1-6-13-26-22(27)20(17-8-7-15(2)16(3)14-17)21(23(26)28)24-18-9-11-19(12-10-18)25(4)5/h7-12,14,24H,6,13H2,1-5H3. The van der Waals surface area contributed by atoms with Crippen LogP contribution in [0.5, 0.6) is 0 Å². The SMILES string of the molecule is CCCN1C(=O)C(Nc2ccc(N(C)C)cc2)=C(c2ccc(C)c(C)c2)C1=O. The van der Waals surface area contributed by atoms with Crippen LogP contribution >= 0.6 is 0 Å². The first-order chi connectivity index (χ1) is 13.3. The summed E-state index contributed by atoms with van der Waals surface area (Å²) in [7, 11) is 3.95. The molecule has 5 heteroatoms. The lowest BCUT2D eigenvalue weighted by molar-refractivity contribution is -0.136. The summed E-state index contributed by atoms with van der Waals surface area (Å²) in [5.41, 5.74) is 5.65. The molecule has 1 heterocycles. The van der Waals surface area contributed by atoms with Crippen LogP contribution < -0.4 is 10.2 Å². The number of rotatable bonds is 6. The molecule has 1 aliphatic rings. The summed E-state index contributed by atoms with van der Waals surface area (Å²) < 4.78 is 0. The van der Waals surface area contributed by atoms with Crippen molar-refractivity contribution >= 4 is 28.8 Å². The van der Waals surface area contributed by atoms with Gasteiger partial charge >= 0.3 is 0 Å². The Labute approximate surface area is 166 Å². The molecular formula is C23H27N3O2. The van der Waals surface area contributed by atoms with Crippen LogP contribution in [0.25, 0.3) is 5.57 Å². The predicted molar refractivity (Wildman–Crippen MR) is 114 cm³/mol. The van der Waals surface area contributed by atoms with Crippen molar-refractivity contribution in [2.24, 2.45) is 0 Å². The lowest BCUT2D eigenvalue weighted by atomic mass is 9.99. The van der Waals surface area contributed by atoms with E-state index in [4.69, 9.17) is 0 Å². The summed E-state index contributed by atoms with van der Waals surface area (Å²) in [5, 5.41) is 3.21. The molecule has 0 fully saturated rings. The number of nitrogens with zero attached hydrogens (tertiary/aromatic N) is 2. The zero-order chi connectivity index (χ0) is 20.4. The predicted octanol–water partition coefficient (Wildman–Crippen LogP) is 3.97. The normalized spacial score (nSPS) is 14.1. The Hall–Kier alpha value is -3.08. The molecule has 0 aliphatic carbocycles. The maximum atomic E-state index is 13.0. The van der Waals surface area contributed by atoms with Gasteiger partial charge in [0.15, 0.2) is 0 Å². The van der Waals surface area contributed by atoms with Crippen LogP contribution in [0.4, 0.5) is 11.4 Å². The second-order valence-electron chi connectivity index (χ2n) is 7.38. The third kappa shape index (κ3) is 3.65. The Balaban J connectivity index is 2.04. The summed E-state index contributed by atoms with van der Waals surface area (Å²) in [6.07, 6.45) is 0.725. The Morgan fingerprint density at radius 3 is 2.18 bits per heavy atom. The average Bonchev–Trinajstić information content (AvgIpc) is 2.89. The van der Waals surface area contributed by atoms with Crippen LogP contribution in [-0.4, -0.2) is 37.4 Å². The fourth-order valence-corrected chi connectivity index (χ4v) is 3.27. The molecule has 0 aromatic heterocycles. The fourth-order valence-electron chi connectivity index (χ4n) is 3.27. The summed E-state index contributed by atoms with van der Waals surface area (Å²) in [4.78, 5) is 29.4. The monoisotopic (exact) mass is 377 g/mol. The Morgan fingerprint density at radius 1 is 0.929 bits per heavy atom. The van der Waals surface area contributed by atoms with Gasteiger partial charge in [-0.3, -0.25) is 14.5 Å². The van der Waals surface area contributed by atoms with E-state index in [9.17, 15) is 9.59 Å². The molecule has 0 bridgehead atoms. The van der Waals surface area contributed by atoms with E-state index >= 15 is 0 Å². The molecule has 1 N–H and O–H groups in total. The van der Waals surface area contributed by atoms with Gasteiger partial charge in [-0.1, -0.05) is 25.1 Å². The lowest BCUT2D eigenvalue weighted by Gasteiger charge is -2.15. The van der Waals surface area contributed by atoms with E-state index in [1.54, 1.807) is 0 Å². The van der Waals surface area contributed by atoms with Crippen molar-refractivity contribution < 1.29 is 9.59 Å². The van der Waals surface area contributed by atoms with Gasteiger partial charge in [0, 0.05) is 32.0 Å². The number of hydrogen-bond donors (Lipinski definition) is 1. The molecule has 0 unspecified atom stereocenters. The number of anilines is 2. The highest BCUT2D eigenvalue weighted by Crippen LogP contribution is 2.31. The zero-order valence-electron chi connectivity index (χ0n) is 17.2. The van der Waals surface area contributed by atoms with Crippen LogP contribution in [0.2, 0.25) is 0 Å². The third-order valence-electron chi connectivity index (χ3n) is 5.06. The van der Waals surface area contributed by atoms with Crippen LogP contribution in [-0.2, 0) is 9.59 Å². The molecule has 2 aromatic carbocycles. The Kier molecular flexibility index (Phi) is 5.54. The van der Waals surface area contributed by atoms with E-state index in [1.807, 2.05) is 82.2 Å². The van der Waals surface area contributed by atoms with Crippen molar-refractivity contribution in [3.05, 3.63) is 64.9 Å². The zero-order valence-corrected chi connectivity index (χ0v) is 17.2. The molecule has 146 valence electrons. The van der Waals surface area contributed by atoms with Crippen molar-refractivity contribution in [2.45, 2.75) is 27.2 Å². The van der Waals surface area contributed by atoms with Crippen molar-refractivity contribution in [2.75, 3.05) is 30.9 Å². The molecule has 0 saturated carbocycles. The van der Waals surface area contributed by atoms with Gasteiger partial charge in [0.25, 0.3) is 11.8 Å². The highest BCUT2D eigenvalue weighted by atomic mass is 16.2. The number of carbonyl (C=O) groups excluding carboxylic acids is 2. The lowest BCUT2D eigenvalue weighted by Crippen LogP contribution is -2.33. The van der Waals surface area contributed by atoms with E-state index in [0.717, 1.165) is 34.5 Å². The first-order valence-corrected chi connectivity index (χ1v) is 9.56. The van der Waals surface area contributed by atoms with Gasteiger partial charge in [0.1, 0.15) is 5.70 Å². The van der Waals surface area contributed by atoms with Gasteiger partial charge in [-0.2, -0.15) is 0 Å². The molecule has 2 amide bonds. The minimum Gasteiger partial charge on any atom is -0.378 e. The Bertz CT molecular complexity index is 943. The second-order valence-corrected chi connectivity index (χ2v) is 7.38. The maximum absolute atomic E-state index is 13.0. The summed E-state index contributed by atoms with van der Waals surface area (Å²) in [5.74, 6) is -0.501. The molecule has 2 aromatic rings. The van der Waals surface area contributed by atoms with Crippen LogP contribution in [0.3, 0.4) is 0 Å². The quantitative estimate of drug-likeness (QED) is 0.774. The highest BCUT2D eigenvalue weighted by molar-refractivity contribution is 6.36. The maximum Gasteiger partial charge on any atom is 0.278 e. The van der Waals surface area contributed by atoms with Crippen molar-refractivity contribution in [1.82, 2.24) is 4.90 Å².